The van der Waals surface area contributed by atoms with Crippen molar-refractivity contribution in [3.63, 3.8) is 0 Å². The van der Waals surface area contributed by atoms with Crippen LogP contribution in [0.2, 0.25) is 0 Å². The van der Waals surface area contributed by atoms with Crippen LogP contribution < -0.4 is 0 Å². The molecule has 0 amide bonds. The summed E-state index contributed by atoms with van der Waals surface area (Å²) in [5, 5.41) is 9.29. The predicted molar refractivity (Wildman–Crippen MR) is 74.3 cm³/mol. The second kappa shape index (κ2) is 5.36. The first-order valence-electron chi connectivity index (χ1n) is 5.87. The molecule has 1 N–H and O–H groups in total. The summed E-state index contributed by atoms with van der Waals surface area (Å²) in [4.78, 5) is 0.330. The van der Waals surface area contributed by atoms with Gasteiger partial charge in [0.15, 0.2) is 0 Å². The van der Waals surface area contributed by atoms with Crippen LogP contribution in [0.1, 0.15) is 24.8 Å². The Bertz CT molecular complexity index is 544. The van der Waals surface area contributed by atoms with Crippen molar-refractivity contribution < 1.29 is 13.5 Å². The van der Waals surface area contributed by atoms with Gasteiger partial charge in [0, 0.05) is 11.7 Å². The molecular formula is C13H16O3S2. The molecule has 0 aromatic heterocycles. The average Bonchev–Trinajstić information content (AvgIpc) is 2.29. The Kier molecular flexibility index (Phi) is 4.02. The van der Waals surface area contributed by atoms with Crippen molar-refractivity contribution in [3.8, 4) is 0 Å². The lowest BCUT2D eigenvalue weighted by atomic mass is 10.1. The van der Waals surface area contributed by atoms with Crippen molar-refractivity contribution in [1.82, 2.24) is 0 Å². The quantitative estimate of drug-likeness (QED) is 0.864. The summed E-state index contributed by atoms with van der Waals surface area (Å²) in [7, 11) is -2.42. The third kappa shape index (κ3) is 3.29. The molecule has 0 bridgehead atoms. The van der Waals surface area contributed by atoms with Gasteiger partial charge in [-0.2, -0.15) is 0 Å². The minimum atomic E-state index is -3.34. The summed E-state index contributed by atoms with van der Waals surface area (Å²) < 4.78 is 24.3. The molecule has 0 heterocycles. The number of rotatable bonds is 3. The van der Waals surface area contributed by atoms with Gasteiger partial charge in [-0.3, -0.25) is 0 Å². The molecular weight excluding hydrogens is 268 g/mol. The number of aryl methyl sites for hydroxylation is 1. The van der Waals surface area contributed by atoms with Gasteiger partial charge in [-0.25, -0.2) is 8.42 Å². The van der Waals surface area contributed by atoms with E-state index in [9.17, 15) is 13.5 Å². The Morgan fingerprint density at radius 3 is 2.56 bits per heavy atom. The van der Waals surface area contributed by atoms with Gasteiger partial charge in [0.2, 0.25) is 8.87 Å². The molecule has 0 fully saturated rings. The van der Waals surface area contributed by atoms with Crippen molar-refractivity contribution in [1.29, 1.82) is 0 Å². The SMILES string of the molecule is Cc1ccc(S(=O)(=O)SC2C=C(O)CCC2)cc1. The van der Waals surface area contributed by atoms with Crippen molar-refractivity contribution >= 4 is 19.7 Å². The van der Waals surface area contributed by atoms with Crippen molar-refractivity contribution in [2.45, 2.75) is 36.3 Å². The number of hydrogen-bond acceptors (Lipinski definition) is 4. The highest BCUT2D eigenvalue weighted by Crippen LogP contribution is 2.33. The lowest BCUT2D eigenvalue weighted by Gasteiger charge is -2.17. The van der Waals surface area contributed by atoms with E-state index in [0.29, 0.717) is 17.1 Å². The van der Waals surface area contributed by atoms with E-state index >= 15 is 0 Å². The van der Waals surface area contributed by atoms with Crippen molar-refractivity contribution in [2.24, 2.45) is 0 Å². The van der Waals surface area contributed by atoms with Crippen LogP contribution in [0.25, 0.3) is 0 Å². The lowest BCUT2D eigenvalue weighted by Crippen LogP contribution is -2.10. The normalized spacial score (nSPS) is 20.5. The van der Waals surface area contributed by atoms with Crippen LogP contribution in [0.4, 0.5) is 0 Å². The summed E-state index contributed by atoms with van der Waals surface area (Å²) in [6, 6.07) is 6.84. The summed E-state index contributed by atoms with van der Waals surface area (Å²) in [5.41, 5.74) is 1.04. The second-order valence-electron chi connectivity index (χ2n) is 4.45. The third-order valence-electron chi connectivity index (χ3n) is 2.86. The summed E-state index contributed by atoms with van der Waals surface area (Å²) in [5.74, 6) is 0.304. The van der Waals surface area contributed by atoms with Crippen LogP contribution in [0.15, 0.2) is 41.0 Å². The monoisotopic (exact) mass is 284 g/mol. The molecule has 1 atom stereocenters. The smallest absolute Gasteiger partial charge is 0.230 e. The van der Waals surface area contributed by atoms with Gasteiger partial charge in [-0.05, 0) is 48.8 Å². The molecule has 1 aromatic carbocycles. The molecule has 2 rings (SSSR count). The largest absolute Gasteiger partial charge is 0.513 e. The first kappa shape index (κ1) is 13.5. The Morgan fingerprint density at radius 1 is 1.28 bits per heavy atom. The Labute approximate surface area is 111 Å². The summed E-state index contributed by atoms with van der Waals surface area (Å²) in [6.07, 6.45) is 3.94. The standard InChI is InChI=1S/C13H16O3S2/c1-10-5-7-13(8-6-10)18(15,16)17-12-4-2-3-11(14)9-12/h5-9,12,14H,2-4H2,1H3. The number of allylic oxidation sites excluding steroid dienone is 1. The van der Waals surface area contributed by atoms with Crippen molar-refractivity contribution in [3.05, 3.63) is 41.7 Å². The molecule has 1 aromatic rings. The highest BCUT2D eigenvalue weighted by Gasteiger charge is 2.23. The van der Waals surface area contributed by atoms with E-state index in [1.54, 1.807) is 30.3 Å². The van der Waals surface area contributed by atoms with E-state index < -0.39 is 8.87 Å². The molecule has 1 aliphatic carbocycles. The molecule has 5 heteroatoms. The lowest BCUT2D eigenvalue weighted by molar-refractivity contribution is 0.370. The van der Waals surface area contributed by atoms with Gasteiger partial charge in [0.1, 0.15) is 0 Å². The van der Waals surface area contributed by atoms with E-state index in [2.05, 4.69) is 0 Å². The van der Waals surface area contributed by atoms with Crippen LogP contribution in [-0.4, -0.2) is 18.8 Å². The molecule has 0 saturated heterocycles. The van der Waals surface area contributed by atoms with Crippen molar-refractivity contribution in [2.75, 3.05) is 0 Å². The molecule has 0 aliphatic heterocycles. The van der Waals surface area contributed by atoms with Crippen LogP contribution >= 0.6 is 10.8 Å². The van der Waals surface area contributed by atoms with Crippen LogP contribution in [0, 0.1) is 6.92 Å². The topological polar surface area (TPSA) is 54.4 Å². The summed E-state index contributed by atoms with van der Waals surface area (Å²) in [6.45, 7) is 1.92. The number of benzene rings is 1. The van der Waals surface area contributed by atoms with Gasteiger partial charge in [-0.1, -0.05) is 17.7 Å². The zero-order valence-corrected chi connectivity index (χ0v) is 11.8. The van der Waals surface area contributed by atoms with E-state index in [4.69, 9.17) is 0 Å². The maximum Gasteiger partial charge on any atom is 0.230 e. The highest BCUT2D eigenvalue weighted by atomic mass is 33.1. The van der Waals surface area contributed by atoms with Crippen LogP contribution in [0.5, 0.6) is 0 Å². The molecule has 0 radical (unpaired) electrons. The third-order valence-corrected chi connectivity index (χ3v) is 6.66. The molecule has 1 aliphatic rings. The highest BCUT2D eigenvalue weighted by molar-refractivity contribution is 8.72. The van der Waals surface area contributed by atoms with Gasteiger partial charge >= 0.3 is 0 Å². The van der Waals surface area contributed by atoms with E-state index in [1.165, 1.54) is 0 Å². The fraction of sp³-hybridized carbons (Fsp3) is 0.385. The van der Waals surface area contributed by atoms with E-state index in [0.717, 1.165) is 29.2 Å². The summed E-state index contributed by atoms with van der Waals surface area (Å²) >= 11 is 0. The minimum Gasteiger partial charge on any atom is -0.513 e. The number of aliphatic hydroxyl groups is 1. The maximum atomic E-state index is 12.2. The molecule has 3 nitrogen and oxygen atoms in total. The Balaban J connectivity index is 2.17. The maximum absolute atomic E-state index is 12.2. The molecule has 1 unspecified atom stereocenters. The fourth-order valence-corrected chi connectivity index (χ4v) is 5.34. The molecule has 18 heavy (non-hydrogen) atoms. The van der Waals surface area contributed by atoms with Gasteiger partial charge in [0.25, 0.3) is 0 Å². The van der Waals surface area contributed by atoms with Crippen LogP contribution in [0.3, 0.4) is 0 Å². The Morgan fingerprint density at radius 2 is 1.94 bits per heavy atom. The zero-order chi connectivity index (χ0) is 13.2. The number of aliphatic hydroxyl groups excluding tert-OH is 1. The van der Waals surface area contributed by atoms with Crippen LogP contribution in [-0.2, 0) is 8.87 Å². The van der Waals surface area contributed by atoms with E-state index in [1.807, 2.05) is 6.92 Å². The predicted octanol–water partition coefficient (Wildman–Crippen LogP) is 3.41. The van der Waals surface area contributed by atoms with Gasteiger partial charge in [0.05, 0.1) is 10.7 Å². The second-order valence-corrected chi connectivity index (χ2v) is 8.52. The van der Waals surface area contributed by atoms with Gasteiger partial charge < -0.3 is 5.11 Å². The van der Waals surface area contributed by atoms with Gasteiger partial charge in [-0.15, -0.1) is 0 Å². The first-order valence-corrected chi connectivity index (χ1v) is 8.75. The zero-order valence-electron chi connectivity index (χ0n) is 10.2. The molecule has 0 saturated carbocycles. The minimum absolute atomic E-state index is 0.148. The number of hydrogen-bond donors (Lipinski definition) is 1. The molecule has 98 valence electrons. The average molecular weight is 284 g/mol. The van der Waals surface area contributed by atoms with E-state index in [-0.39, 0.29) is 5.25 Å². The fourth-order valence-electron chi connectivity index (χ4n) is 1.86. The Hall–Kier alpha value is -0.940. The first-order chi connectivity index (χ1) is 8.47. The molecule has 0 spiro atoms.